The van der Waals surface area contributed by atoms with Crippen molar-refractivity contribution < 1.29 is 19.4 Å². The van der Waals surface area contributed by atoms with Crippen molar-refractivity contribution in [1.82, 2.24) is 10.2 Å². The lowest BCUT2D eigenvalue weighted by Gasteiger charge is -2.21. The fourth-order valence-electron chi connectivity index (χ4n) is 1.40. The molecule has 0 aliphatic rings. The Morgan fingerprint density at radius 1 is 1.17 bits per heavy atom. The third-order valence-electron chi connectivity index (χ3n) is 2.31. The van der Waals surface area contributed by atoms with Crippen LogP contribution in [0, 0.1) is 0 Å². The largest absolute Gasteiger partial charge is 0.395 e. The highest BCUT2D eigenvalue weighted by Gasteiger charge is 2.10. The van der Waals surface area contributed by atoms with Gasteiger partial charge in [0.25, 0.3) is 0 Å². The van der Waals surface area contributed by atoms with Crippen LogP contribution in [0.4, 0.5) is 0 Å². The van der Waals surface area contributed by atoms with Gasteiger partial charge in [0.15, 0.2) is 0 Å². The van der Waals surface area contributed by atoms with Crippen molar-refractivity contribution in [2.24, 2.45) is 0 Å². The molecule has 2 N–H and O–H groups in total. The maximum atomic E-state index is 11.5. The maximum absolute atomic E-state index is 11.5. The first-order valence-electron chi connectivity index (χ1n) is 6.50. The second-order valence-electron chi connectivity index (χ2n) is 3.74. The van der Waals surface area contributed by atoms with E-state index in [1.165, 1.54) is 0 Å². The summed E-state index contributed by atoms with van der Waals surface area (Å²) in [4.78, 5) is 13.5. The van der Waals surface area contributed by atoms with Crippen LogP contribution in [0.1, 0.15) is 13.8 Å². The summed E-state index contributed by atoms with van der Waals surface area (Å²) in [5.74, 6) is -0.0861. The molecule has 0 unspecified atom stereocenters. The van der Waals surface area contributed by atoms with Crippen molar-refractivity contribution in [3.63, 3.8) is 0 Å². The van der Waals surface area contributed by atoms with Gasteiger partial charge in [0, 0.05) is 32.8 Å². The van der Waals surface area contributed by atoms with E-state index >= 15 is 0 Å². The van der Waals surface area contributed by atoms with Gasteiger partial charge in [-0.1, -0.05) is 0 Å². The number of aliphatic hydroxyl groups is 1. The first kappa shape index (κ1) is 17.3. The summed E-state index contributed by atoms with van der Waals surface area (Å²) in [6, 6.07) is 0. The van der Waals surface area contributed by atoms with Gasteiger partial charge in [-0.3, -0.25) is 9.69 Å². The van der Waals surface area contributed by atoms with Crippen LogP contribution >= 0.6 is 0 Å². The normalized spacial score (nSPS) is 10.9. The van der Waals surface area contributed by atoms with E-state index in [4.69, 9.17) is 14.6 Å². The molecule has 0 aromatic heterocycles. The minimum atomic E-state index is -0.0861. The smallest absolute Gasteiger partial charge is 0.234 e. The molecule has 6 heteroatoms. The minimum absolute atomic E-state index is 0.0381. The van der Waals surface area contributed by atoms with Crippen LogP contribution in [0.25, 0.3) is 0 Å². The highest BCUT2D eigenvalue weighted by atomic mass is 16.5. The second kappa shape index (κ2) is 12.8. The van der Waals surface area contributed by atoms with Crippen molar-refractivity contribution >= 4 is 5.91 Å². The zero-order valence-electron chi connectivity index (χ0n) is 11.5. The third-order valence-corrected chi connectivity index (χ3v) is 2.31. The molecule has 1 amide bonds. The summed E-state index contributed by atoms with van der Waals surface area (Å²) in [5, 5.41) is 11.3. The van der Waals surface area contributed by atoms with Gasteiger partial charge in [-0.25, -0.2) is 0 Å². The number of nitrogens with zero attached hydrogens (tertiary/aromatic N) is 1. The molecule has 0 aliphatic heterocycles. The van der Waals surface area contributed by atoms with E-state index in [2.05, 4.69) is 5.32 Å². The summed E-state index contributed by atoms with van der Waals surface area (Å²) in [6.45, 7) is 8.42. The number of amides is 1. The van der Waals surface area contributed by atoms with E-state index in [1.807, 2.05) is 18.7 Å². The van der Waals surface area contributed by atoms with Gasteiger partial charge >= 0.3 is 0 Å². The van der Waals surface area contributed by atoms with E-state index in [0.717, 1.165) is 0 Å². The number of nitrogens with one attached hydrogen (secondary N) is 1. The summed E-state index contributed by atoms with van der Waals surface area (Å²) < 4.78 is 10.6. The van der Waals surface area contributed by atoms with Crippen LogP contribution in [-0.4, -0.2) is 75.1 Å². The predicted octanol–water partition coefficient (Wildman–Crippen LogP) is -0.530. The second-order valence-corrected chi connectivity index (χ2v) is 3.74. The molecule has 0 atom stereocenters. The monoisotopic (exact) mass is 262 g/mol. The van der Waals surface area contributed by atoms with Crippen LogP contribution < -0.4 is 5.32 Å². The lowest BCUT2D eigenvalue weighted by Crippen LogP contribution is -2.41. The zero-order chi connectivity index (χ0) is 13.6. The topological polar surface area (TPSA) is 71.0 Å². The molecular weight excluding hydrogens is 236 g/mol. The molecule has 6 nitrogen and oxygen atoms in total. The summed E-state index contributed by atoms with van der Waals surface area (Å²) in [6.07, 6.45) is 0. The van der Waals surface area contributed by atoms with Gasteiger partial charge in [-0.05, 0) is 13.8 Å². The van der Waals surface area contributed by atoms with Crippen molar-refractivity contribution in [2.45, 2.75) is 13.8 Å². The Hall–Kier alpha value is -0.690. The lowest BCUT2D eigenvalue weighted by atomic mass is 10.4. The van der Waals surface area contributed by atoms with E-state index in [1.54, 1.807) is 0 Å². The zero-order valence-corrected chi connectivity index (χ0v) is 11.5. The lowest BCUT2D eigenvalue weighted by molar-refractivity contribution is -0.122. The Morgan fingerprint density at radius 2 is 1.72 bits per heavy atom. The Bertz CT molecular complexity index is 193. The van der Waals surface area contributed by atoms with Gasteiger partial charge in [0.1, 0.15) is 0 Å². The standard InChI is InChI=1S/C12H26N2O4/c1-3-17-9-6-14(7-10-18-4-2)11-12(16)13-5-8-15/h15H,3-11H2,1-2H3,(H,13,16). The number of ether oxygens (including phenoxy) is 2. The Balaban J connectivity index is 3.89. The predicted molar refractivity (Wildman–Crippen MR) is 69.5 cm³/mol. The van der Waals surface area contributed by atoms with E-state index in [0.29, 0.717) is 52.6 Å². The molecule has 0 rings (SSSR count). The average molecular weight is 262 g/mol. The van der Waals surface area contributed by atoms with Gasteiger partial charge in [-0.15, -0.1) is 0 Å². The van der Waals surface area contributed by atoms with Gasteiger partial charge in [-0.2, -0.15) is 0 Å². The van der Waals surface area contributed by atoms with Crippen molar-refractivity contribution in [2.75, 3.05) is 59.2 Å². The number of carbonyl (C=O) groups is 1. The van der Waals surface area contributed by atoms with E-state index in [9.17, 15) is 4.79 Å². The molecule has 0 spiro atoms. The van der Waals surface area contributed by atoms with Crippen LogP contribution in [-0.2, 0) is 14.3 Å². The van der Waals surface area contributed by atoms with Gasteiger partial charge in [0.2, 0.25) is 5.91 Å². The minimum Gasteiger partial charge on any atom is -0.395 e. The van der Waals surface area contributed by atoms with Crippen molar-refractivity contribution in [1.29, 1.82) is 0 Å². The van der Waals surface area contributed by atoms with Crippen LogP contribution in [0.5, 0.6) is 0 Å². The Kier molecular flexibility index (Phi) is 12.3. The molecule has 0 heterocycles. The molecule has 0 bridgehead atoms. The SMILES string of the molecule is CCOCCN(CCOCC)CC(=O)NCCO. The fraction of sp³-hybridized carbons (Fsp3) is 0.917. The molecule has 0 aromatic carbocycles. The number of rotatable bonds is 12. The number of hydrogen-bond acceptors (Lipinski definition) is 5. The molecule has 0 aromatic rings. The van der Waals surface area contributed by atoms with Crippen molar-refractivity contribution in [3.05, 3.63) is 0 Å². The summed E-state index contributed by atoms with van der Waals surface area (Å²) >= 11 is 0. The van der Waals surface area contributed by atoms with Gasteiger partial charge < -0.3 is 19.9 Å². The molecule has 0 radical (unpaired) electrons. The first-order chi connectivity index (χ1) is 8.74. The third kappa shape index (κ3) is 10.5. The van der Waals surface area contributed by atoms with E-state index < -0.39 is 0 Å². The quantitative estimate of drug-likeness (QED) is 0.463. The van der Waals surface area contributed by atoms with E-state index in [-0.39, 0.29) is 12.5 Å². The highest BCUT2D eigenvalue weighted by Crippen LogP contribution is 1.90. The molecule has 0 saturated heterocycles. The molecular formula is C12H26N2O4. The van der Waals surface area contributed by atoms with Crippen LogP contribution in [0.3, 0.4) is 0 Å². The first-order valence-corrected chi connectivity index (χ1v) is 6.50. The van der Waals surface area contributed by atoms with Crippen molar-refractivity contribution in [3.8, 4) is 0 Å². The summed E-state index contributed by atoms with van der Waals surface area (Å²) in [7, 11) is 0. The van der Waals surface area contributed by atoms with Gasteiger partial charge in [0.05, 0.1) is 26.4 Å². The Labute approximate surface area is 109 Å². The number of carbonyl (C=O) groups excluding carboxylic acids is 1. The van der Waals surface area contributed by atoms with Crippen LogP contribution in [0.15, 0.2) is 0 Å². The number of hydrogen-bond donors (Lipinski definition) is 2. The summed E-state index contributed by atoms with van der Waals surface area (Å²) in [5.41, 5.74) is 0. The maximum Gasteiger partial charge on any atom is 0.234 e. The fourth-order valence-corrected chi connectivity index (χ4v) is 1.40. The number of aliphatic hydroxyl groups excluding tert-OH is 1. The molecule has 0 fully saturated rings. The molecule has 0 aliphatic carbocycles. The average Bonchev–Trinajstić information content (AvgIpc) is 2.36. The molecule has 108 valence electrons. The Morgan fingerprint density at radius 3 is 2.17 bits per heavy atom. The molecule has 18 heavy (non-hydrogen) atoms. The highest BCUT2D eigenvalue weighted by molar-refractivity contribution is 5.77. The van der Waals surface area contributed by atoms with Crippen LogP contribution in [0.2, 0.25) is 0 Å². The molecule has 0 saturated carbocycles.